The van der Waals surface area contributed by atoms with Gasteiger partial charge in [0, 0.05) is 11.4 Å². The first-order valence-corrected chi connectivity index (χ1v) is 11.0. The highest BCUT2D eigenvalue weighted by Gasteiger charge is 2.39. The van der Waals surface area contributed by atoms with Crippen LogP contribution in [0.5, 0.6) is 17.2 Å². The molecule has 4 rings (SSSR count). The second kappa shape index (κ2) is 10.9. The molecular weight excluding hydrogens is 553 g/mol. The standard InChI is InChI=1S/C24H13ClF5N5O4/c25-13-5-11(10-31)6-16(7-13)38-19-20(24(28,29)30)32-18(33-22(19)37)9-14-8-17(21(36)35-34-14)12-1-3-15(4-2-12)39-23(26)27/h1-8,23H,9H2,(H,35,36)(H,32,33,37). The number of nitriles is 1. The van der Waals surface area contributed by atoms with Crippen molar-refractivity contribution in [1.29, 1.82) is 5.26 Å². The quantitative estimate of drug-likeness (QED) is 0.300. The normalized spacial score (nSPS) is 11.3. The Hall–Kier alpha value is -4.77. The van der Waals surface area contributed by atoms with E-state index in [-0.39, 0.29) is 38.9 Å². The molecule has 0 bridgehead atoms. The first-order valence-electron chi connectivity index (χ1n) is 10.7. The molecule has 0 spiro atoms. The summed E-state index contributed by atoms with van der Waals surface area (Å²) in [7, 11) is 0. The zero-order valence-electron chi connectivity index (χ0n) is 19.1. The first kappa shape index (κ1) is 27.3. The zero-order valence-corrected chi connectivity index (χ0v) is 19.9. The maximum absolute atomic E-state index is 13.8. The third kappa shape index (κ3) is 6.57. The minimum absolute atomic E-state index is 0.00486. The monoisotopic (exact) mass is 565 g/mol. The number of alkyl halides is 5. The summed E-state index contributed by atoms with van der Waals surface area (Å²) in [5, 5.41) is 15.0. The van der Waals surface area contributed by atoms with Gasteiger partial charge in [0.05, 0.1) is 22.9 Å². The average molecular weight is 566 g/mol. The van der Waals surface area contributed by atoms with Gasteiger partial charge in [-0.25, -0.2) is 10.1 Å². The van der Waals surface area contributed by atoms with E-state index in [0.29, 0.717) is 0 Å². The molecule has 2 aromatic carbocycles. The number of nitrogens with one attached hydrogen (secondary N) is 2. The van der Waals surface area contributed by atoms with Crippen LogP contribution in [0.25, 0.3) is 11.1 Å². The van der Waals surface area contributed by atoms with Crippen molar-refractivity contribution in [2.45, 2.75) is 19.2 Å². The van der Waals surface area contributed by atoms with Gasteiger partial charge in [-0.1, -0.05) is 23.7 Å². The highest BCUT2D eigenvalue weighted by Crippen LogP contribution is 2.35. The SMILES string of the molecule is N#Cc1cc(Cl)cc(Oc2c(C(F)(F)F)nc(Cc3cc(-c4ccc(OC(F)F)cc4)c(=O)[nH]n3)[nH]c2=O)c1. The summed E-state index contributed by atoms with van der Waals surface area (Å²) in [6.07, 6.45) is -5.55. The molecule has 0 atom stereocenters. The van der Waals surface area contributed by atoms with Crippen LogP contribution in [0.4, 0.5) is 22.0 Å². The second-order valence-electron chi connectivity index (χ2n) is 7.76. The van der Waals surface area contributed by atoms with Crippen molar-refractivity contribution in [2.75, 3.05) is 0 Å². The van der Waals surface area contributed by atoms with Crippen LogP contribution in [-0.2, 0) is 12.6 Å². The number of hydrogen-bond donors (Lipinski definition) is 2. The van der Waals surface area contributed by atoms with Gasteiger partial charge < -0.3 is 14.5 Å². The van der Waals surface area contributed by atoms with Crippen LogP contribution in [0.1, 0.15) is 22.8 Å². The van der Waals surface area contributed by atoms with Gasteiger partial charge in [-0.2, -0.15) is 32.3 Å². The van der Waals surface area contributed by atoms with Crippen molar-refractivity contribution in [3.8, 4) is 34.4 Å². The number of aromatic amines is 2. The molecule has 0 fully saturated rings. The van der Waals surface area contributed by atoms with Crippen molar-refractivity contribution >= 4 is 11.6 Å². The molecule has 9 nitrogen and oxygen atoms in total. The van der Waals surface area contributed by atoms with Crippen LogP contribution < -0.4 is 20.6 Å². The Morgan fingerprint density at radius 1 is 1.03 bits per heavy atom. The number of benzene rings is 2. The second-order valence-corrected chi connectivity index (χ2v) is 8.20. The molecule has 2 N–H and O–H groups in total. The summed E-state index contributed by atoms with van der Waals surface area (Å²) in [6.45, 7) is -3.04. The van der Waals surface area contributed by atoms with Gasteiger partial charge in [-0.3, -0.25) is 9.59 Å². The Labute approximate surface area is 219 Å². The Bertz CT molecular complexity index is 1680. The summed E-state index contributed by atoms with van der Waals surface area (Å²) < 4.78 is 75.6. The Kier molecular flexibility index (Phi) is 7.63. The molecule has 0 unspecified atom stereocenters. The third-order valence-corrected chi connectivity index (χ3v) is 5.23. The van der Waals surface area contributed by atoms with Crippen molar-refractivity contribution in [3.05, 3.63) is 97.0 Å². The molecule has 0 saturated carbocycles. The van der Waals surface area contributed by atoms with Gasteiger partial charge in [0.1, 0.15) is 17.3 Å². The number of nitrogens with zero attached hydrogens (tertiary/aromatic N) is 3. The van der Waals surface area contributed by atoms with Gasteiger partial charge >= 0.3 is 12.8 Å². The molecule has 2 heterocycles. The summed E-state index contributed by atoms with van der Waals surface area (Å²) >= 11 is 5.85. The fraction of sp³-hybridized carbons (Fsp3) is 0.125. The number of hydrogen-bond acceptors (Lipinski definition) is 7. The third-order valence-electron chi connectivity index (χ3n) is 5.01. The summed E-state index contributed by atoms with van der Waals surface area (Å²) in [5.41, 5.74) is -3.26. The van der Waals surface area contributed by atoms with Crippen molar-refractivity contribution in [3.63, 3.8) is 0 Å². The number of halogens is 6. The topological polar surface area (TPSA) is 134 Å². The molecule has 0 aliphatic rings. The largest absolute Gasteiger partial charge is 0.449 e. The minimum atomic E-state index is -5.11. The van der Waals surface area contributed by atoms with Gasteiger partial charge in [0.15, 0.2) is 5.69 Å². The molecule has 2 aromatic heterocycles. The highest BCUT2D eigenvalue weighted by atomic mass is 35.5. The maximum Gasteiger partial charge on any atom is 0.437 e. The summed E-state index contributed by atoms with van der Waals surface area (Å²) in [6, 6.07) is 11.5. The number of aromatic nitrogens is 4. The van der Waals surface area contributed by atoms with Crippen LogP contribution in [-0.4, -0.2) is 26.8 Å². The minimum Gasteiger partial charge on any atom is -0.449 e. The van der Waals surface area contributed by atoms with Gasteiger partial charge in [-0.15, -0.1) is 0 Å². The summed E-state index contributed by atoms with van der Waals surface area (Å²) in [4.78, 5) is 30.6. The van der Waals surface area contributed by atoms with Crippen LogP contribution in [0.15, 0.2) is 58.1 Å². The maximum atomic E-state index is 13.8. The first-order chi connectivity index (χ1) is 18.4. The Morgan fingerprint density at radius 3 is 2.38 bits per heavy atom. The average Bonchev–Trinajstić information content (AvgIpc) is 2.86. The van der Waals surface area contributed by atoms with E-state index in [1.54, 1.807) is 6.07 Å². The van der Waals surface area contributed by atoms with E-state index < -0.39 is 47.6 Å². The zero-order chi connectivity index (χ0) is 28.3. The van der Waals surface area contributed by atoms with Crippen molar-refractivity contribution < 1.29 is 31.4 Å². The van der Waals surface area contributed by atoms with E-state index >= 15 is 0 Å². The Balaban J connectivity index is 1.68. The number of rotatable bonds is 7. The molecule has 0 aliphatic heterocycles. The van der Waals surface area contributed by atoms with E-state index in [0.717, 1.165) is 12.1 Å². The van der Waals surface area contributed by atoms with E-state index in [4.69, 9.17) is 21.6 Å². The molecule has 4 aromatic rings. The summed E-state index contributed by atoms with van der Waals surface area (Å²) in [5.74, 6) is -2.06. The fourth-order valence-corrected chi connectivity index (χ4v) is 3.65. The molecule has 15 heteroatoms. The predicted molar refractivity (Wildman–Crippen MR) is 126 cm³/mol. The van der Waals surface area contributed by atoms with Crippen LogP contribution >= 0.6 is 11.6 Å². The molecular formula is C24H13ClF5N5O4. The molecule has 200 valence electrons. The molecule has 0 radical (unpaired) electrons. The lowest BCUT2D eigenvalue weighted by Crippen LogP contribution is -2.22. The molecule has 39 heavy (non-hydrogen) atoms. The van der Waals surface area contributed by atoms with Crippen molar-refractivity contribution in [2.24, 2.45) is 0 Å². The lowest BCUT2D eigenvalue weighted by atomic mass is 10.1. The van der Waals surface area contributed by atoms with E-state index in [9.17, 15) is 31.5 Å². The van der Waals surface area contributed by atoms with Crippen LogP contribution in [0.2, 0.25) is 5.02 Å². The Morgan fingerprint density at radius 2 is 1.74 bits per heavy atom. The lowest BCUT2D eigenvalue weighted by molar-refractivity contribution is -0.142. The van der Waals surface area contributed by atoms with E-state index in [1.165, 1.54) is 36.4 Å². The fourth-order valence-electron chi connectivity index (χ4n) is 3.42. The molecule has 0 aliphatic carbocycles. The number of H-pyrrole nitrogens is 2. The molecule has 0 saturated heterocycles. The van der Waals surface area contributed by atoms with Crippen LogP contribution in [0.3, 0.4) is 0 Å². The smallest absolute Gasteiger partial charge is 0.437 e. The lowest BCUT2D eigenvalue weighted by Gasteiger charge is -2.14. The number of ether oxygens (including phenoxy) is 2. The van der Waals surface area contributed by atoms with Gasteiger partial charge in [-0.05, 0) is 42.0 Å². The van der Waals surface area contributed by atoms with E-state index in [1.807, 2.05) is 0 Å². The van der Waals surface area contributed by atoms with Gasteiger partial charge in [0.25, 0.3) is 11.1 Å². The van der Waals surface area contributed by atoms with Gasteiger partial charge in [0.2, 0.25) is 5.75 Å². The van der Waals surface area contributed by atoms with Crippen molar-refractivity contribution in [1.82, 2.24) is 20.2 Å². The highest BCUT2D eigenvalue weighted by molar-refractivity contribution is 6.30. The van der Waals surface area contributed by atoms with E-state index in [2.05, 4.69) is 24.9 Å². The molecule has 0 amide bonds. The van der Waals surface area contributed by atoms with Crippen LogP contribution in [0, 0.1) is 11.3 Å². The predicted octanol–water partition coefficient (Wildman–Crippen LogP) is 5.05.